The van der Waals surface area contributed by atoms with Gasteiger partial charge in [-0.25, -0.2) is 9.97 Å². The second-order valence-electron chi connectivity index (χ2n) is 6.96. The van der Waals surface area contributed by atoms with E-state index in [1.165, 1.54) is 6.20 Å². The lowest BCUT2D eigenvalue weighted by Gasteiger charge is -2.39. The van der Waals surface area contributed by atoms with Crippen LogP contribution in [0.1, 0.15) is 24.0 Å². The van der Waals surface area contributed by atoms with Crippen LogP contribution < -0.4 is 9.80 Å². The highest BCUT2D eigenvalue weighted by Gasteiger charge is 2.40. The average Bonchev–Trinajstić information content (AvgIpc) is 3.10. The molecule has 2 atom stereocenters. The molecule has 2 saturated heterocycles. The maximum atomic E-state index is 13.0. The Balaban J connectivity index is 1.57. The number of fused-ring (bicyclic) bond motifs is 1. The van der Waals surface area contributed by atoms with Crippen LogP contribution in [0.3, 0.4) is 0 Å². The van der Waals surface area contributed by atoms with Gasteiger partial charge in [-0.2, -0.15) is 18.4 Å². The Morgan fingerprint density at radius 1 is 1.04 bits per heavy atom. The molecule has 4 rings (SSSR count). The van der Waals surface area contributed by atoms with Gasteiger partial charge in [0.1, 0.15) is 11.6 Å². The van der Waals surface area contributed by atoms with Gasteiger partial charge >= 0.3 is 6.18 Å². The third-order valence-electron chi connectivity index (χ3n) is 5.43. The normalized spacial score (nSPS) is 22.4. The minimum Gasteiger partial charge on any atom is -0.355 e. The summed E-state index contributed by atoms with van der Waals surface area (Å²) >= 11 is 0. The Morgan fingerprint density at radius 3 is 2.56 bits per heavy atom. The Bertz CT molecular complexity index is 876. The molecule has 0 aliphatic carbocycles. The number of nitrogens with zero attached hydrogens (tertiary/aromatic N) is 5. The number of anilines is 2. The topological polar surface area (TPSA) is 56.1 Å². The minimum absolute atomic E-state index is 0.150. The van der Waals surface area contributed by atoms with Gasteiger partial charge in [0.2, 0.25) is 0 Å². The zero-order valence-electron chi connectivity index (χ0n) is 14.5. The van der Waals surface area contributed by atoms with Crippen molar-refractivity contribution in [3.05, 3.63) is 47.8 Å². The highest BCUT2D eigenvalue weighted by molar-refractivity contribution is 5.49. The SMILES string of the molecule is N#Cc1ccnc(N2CCC3CCN(c4cc(C(F)(F)F)ccn4)CC32)c1. The molecule has 0 saturated carbocycles. The van der Waals surface area contributed by atoms with Gasteiger partial charge in [0.25, 0.3) is 0 Å². The predicted molar refractivity (Wildman–Crippen MR) is 94.3 cm³/mol. The van der Waals surface area contributed by atoms with E-state index in [1.807, 2.05) is 4.90 Å². The zero-order chi connectivity index (χ0) is 19.0. The van der Waals surface area contributed by atoms with Crippen LogP contribution in [0.5, 0.6) is 0 Å². The van der Waals surface area contributed by atoms with Crippen LogP contribution in [-0.2, 0) is 6.18 Å². The summed E-state index contributed by atoms with van der Waals surface area (Å²) in [4.78, 5) is 12.7. The smallest absolute Gasteiger partial charge is 0.355 e. The molecule has 0 bridgehead atoms. The summed E-state index contributed by atoms with van der Waals surface area (Å²) in [5.74, 6) is 1.58. The largest absolute Gasteiger partial charge is 0.416 e. The zero-order valence-corrected chi connectivity index (χ0v) is 14.5. The van der Waals surface area contributed by atoms with E-state index in [2.05, 4.69) is 20.9 Å². The Kier molecular flexibility index (Phi) is 4.38. The number of rotatable bonds is 2. The first-order valence-electron chi connectivity index (χ1n) is 8.87. The molecule has 0 amide bonds. The van der Waals surface area contributed by atoms with Crippen molar-refractivity contribution in [2.75, 3.05) is 29.4 Å². The summed E-state index contributed by atoms with van der Waals surface area (Å²) in [6.45, 7) is 2.12. The van der Waals surface area contributed by atoms with Crippen molar-refractivity contribution in [3.8, 4) is 6.07 Å². The van der Waals surface area contributed by atoms with Crippen LogP contribution >= 0.6 is 0 Å². The maximum absolute atomic E-state index is 13.0. The van der Waals surface area contributed by atoms with E-state index in [9.17, 15) is 13.2 Å². The first-order valence-corrected chi connectivity index (χ1v) is 8.87. The Labute approximate surface area is 155 Å². The van der Waals surface area contributed by atoms with Crippen LogP contribution in [-0.4, -0.2) is 35.6 Å². The van der Waals surface area contributed by atoms with Crippen LogP contribution in [0.25, 0.3) is 0 Å². The standard InChI is InChI=1S/C19H18F3N5/c20-19(21,22)15-2-6-24-17(10-15)26-7-3-14-4-8-27(16(14)12-26)18-9-13(11-23)1-5-25-18/h1-2,5-6,9-10,14,16H,3-4,7-8,12H2. The molecular weight excluding hydrogens is 355 g/mol. The van der Waals surface area contributed by atoms with Crippen molar-refractivity contribution in [2.24, 2.45) is 5.92 Å². The van der Waals surface area contributed by atoms with Crippen molar-refractivity contribution in [1.29, 1.82) is 5.26 Å². The van der Waals surface area contributed by atoms with Crippen molar-refractivity contribution in [2.45, 2.75) is 25.1 Å². The molecule has 0 aromatic carbocycles. The van der Waals surface area contributed by atoms with Crippen molar-refractivity contribution < 1.29 is 13.2 Å². The van der Waals surface area contributed by atoms with Gasteiger partial charge in [-0.3, -0.25) is 0 Å². The van der Waals surface area contributed by atoms with Gasteiger partial charge < -0.3 is 9.80 Å². The van der Waals surface area contributed by atoms with Gasteiger partial charge in [-0.15, -0.1) is 0 Å². The fraction of sp³-hybridized carbons (Fsp3) is 0.421. The van der Waals surface area contributed by atoms with Gasteiger partial charge in [0.15, 0.2) is 0 Å². The van der Waals surface area contributed by atoms with E-state index in [4.69, 9.17) is 5.26 Å². The lowest BCUT2D eigenvalue weighted by Crippen LogP contribution is -2.48. The van der Waals surface area contributed by atoms with Crippen molar-refractivity contribution >= 4 is 11.6 Å². The van der Waals surface area contributed by atoms with E-state index in [-0.39, 0.29) is 6.04 Å². The molecule has 0 N–H and O–H groups in total. The molecule has 0 spiro atoms. The lowest BCUT2D eigenvalue weighted by molar-refractivity contribution is -0.137. The number of pyridine rings is 2. The molecule has 5 nitrogen and oxygen atoms in total. The van der Waals surface area contributed by atoms with E-state index in [0.717, 1.165) is 37.3 Å². The van der Waals surface area contributed by atoms with Crippen molar-refractivity contribution in [1.82, 2.24) is 9.97 Å². The fourth-order valence-corrected chi connectivity index (χ4v) is 4.05. The molecule has 2 fully saturated rings. The van der Waals surface area contributed by atoms with Crippen LogP contribution in [0.2, 0.25) is 0 Å². The van der Waals surface area contributed by atoms with Gasteiger partial charge in [0, 0.05) is 32.0 Å². The number of piperidine rings is 1. The molecule has 2 unspecified atom stereocenters. The Morgan fingerprint density at radius 2 is 1.78 bits per heavy atom. The molecular formula is C19H18F3N5. The molecule has 2 aromatic heterocycles. The maximum Gasteiger partial charge on any atom is 0.416 e. The van der Waals surface area contributed by atoms with E-state index in [1.54, 1.807) is 18.3 Å². The van der Waals surface area contributed by atoms with Crippen LogP contribution in [0.15, 0.2) is 36.7 Å². The number of alkyl halides is 3. The molecule has 140 valence electrons. The summed E-state index contributed by atoms with van der Waals surface area (Å²) in [6.07, 6.45) is 0.381. The Hall–Kier alpha value is -2.82. The lowest BCUT2D eigenvalue weighted by atomic mass is 9.92. The van der Waals surface area contributed by atoms with E-state index >= 15 is 0 Å². The highest BCUT2D eigenvalue weighted by Crippen LogP contribution is 2.37. The summed E-state index contributed by atoms with van der Waals surface area (Å²) in [5, 5.41) is 9.12. The molecule has 0 radical (unpaired) electrons. The quantitative estimate of drug-likeness (QED) is 0.807. The first-order chi connectivity index (χ1) is 13.0. The highest BCUT2D eigenvalue weighted by atomic mass is 19.4. The molecule has 2 aromatic rings. The third kappa shape index (κ3) is 3.42. The second kappa shape index (κ2) is 6.72. The number of hydrogen-bond acceptors (Lipinski definition) is 5. The minimum atomic E-state index is -4.38. The monoisotopic (exact) mass is 373 g/mol. The number of nitriles is 1. The molecule has 27 heavy (non-hydrogen) atoms. The van der Waals surface area contributed by atoms with Crippen molar-refractivity contribution in [3.63, 3.8) is 0 Å². The number of hydrogen-bond donors (Lipinski definition) is 0. The summed E-state index contributed by atoms with van der Waals surface area (Å²) in [5.41, 5.74) is -0.128. The number of halogens is 3. The van der Waals surface area contributed by atoms with Crippen LogP contribution in [0, 0.1) is 17.2 Å². The molecule has 2 aliphatic heterocycles. The summed E-state index contributed by atoms with van der Waals surface area (Å²) in [7, 11) is 0. The molecule has 2 aliphatic rings. The predicted octanol–water partition coefficient (Wildman–Crippen LogP) is 3.47. The second-order valence-corrected chi connectivity index (χ2v) is 6.96. The molecule has 4 heterocycles. The first kappa shape index (κ1) is 17.6. The third-order valence-corrected chi connectivity index (χ3v) is 5.43. The molecule has 8 heteroatoms. The summed E-state index contributed by atoms with van der Waals surface area (Å²) in [6, 6.07) is 7.82. The summed E-state index contributed by atoms with van der Waals surface area (Å²) < 4.78 is 39.0. The number of aromatic nitrogens is 2. The average molecular weight is 373 g/mol. The van der Waals surface area contributed by atoms with E-state index in [0.29, 0.717) is 30.4 Å². The van der Waals surface area contributed by atoms with Gasteiger partial charge in [0.05, 0.1) is 23.2 Å². The van der Waals surface area contributed by atoms with Crippen LogP contribution in [0.4, 0.5) is 24.8 Å². The van der Waals surface area contributed by atoms with Gasteiger partial charge in [-0.05, 0) is 43.0 Å². The van der Waals surface area contributed by atoms with E-state index < -0.39 is 11.7 Å². The van der Waals surface area contributed by atoms with Gasteiger partial charge in [-0.1, -0.05) is 0 Å². The fourth-order valence-electron chi connectivity index (χ4n) is 4.05.